The van der Waals surface area contributed by atoms with E-state index in [1.54, 1.807) is 31.2 Å². The first-order chi connectivity index (χ1) is 20.3. The number of carbonyl (C=O) groups is 4. The summed E-state index contributed by atoms with van der Waals surface area (Å²) in [5.41, 5.74) is 4.45. The quantitative estimate of drug-likeness (QED) is 0.252. The molecule has 0 aliphatic carbocycles. The number of hydrogen-bond donors (Lipinski definition) is 1. The van der Waals surface area contributed by atoms with Crippen molar-refractivity contribution in [3.63, 3.8) is 0 Å². The third-order valence-electron chi connectivity index (χ3n) is 7.69. The summed E-state index contributed by atoms with van der Waals surface area (Å²) in [6, 6.07) is 28.7. The van der Waals surface area contributed by atoms with Crippen molar-refractivity contribution < 1.29 is 19.2 Å². The van der Waals surface area contributed by atoms with Gasteiger partial charge in [-0.25, -0.2) is 0 Å². The first-order valence-corrected chi connectivity index (χ1v) is 14.0. The standard InChI is InChI=1S/C35H33N3O4/c1-4-29(38-33(40)27-20-11-12-21-28(27)34(38)41)35(42)37(22-25-16-7-5-8-17-25)31(26-18-9-6-10-19-26)32(39)36-30-23(2)14-13-15-24(30)3/h5-21,29,31H,4,22H2,1-3H3,(H,36,39). The van der Waals surface area contributed by atoms with E-state index in [0.717, 1.165) is 21.6 Å². The minimum absolute atomic E-state index is 0.0963. The summed E-state index contributed by atoms with van der Waals surface area (Å²) < 4.78 is 0. The molecule has 7 heteroatoms. The Hall–Kier alpha value is -5.04. The molecule has 2 unspecified atom stereocenters. The molecule has 4 aromatic rings. The number of carbonyl (C=O) groups excluding carboxylic acids is 4. The summed E-state index contributed by atoms with van der Waals surface area (Å²) in [5.74, 6) is -1.89. The highest BCUT2D eigenvalue weighted by atomic mass is 16.2. The lowest BCUT2D eigenvalue weighted by atomic mass is 10.00. The Morgan fingerprint density at radius 2 is 1.26 bits per heavy atom. The first-order valence-electron chi connectivity index (χ1n) is 14.0. The molecule has 0 saturated heterocycles. The molecule has 0 aromatic heterocycles. The largest absolute Gasteiger partial charge is 0.323 e. The zero-order valence-corrected chi connectivity index (χ0v) is 23.9. The number of rotatable bonds is 9. The fourth-order valence-corrected chi connectivity index (χ4v) is 5.54. The van der Waals surface area contributed by atoms with Crippen LogP contribution >= 0.6 is 0 Å². The van der Waals surface area contributed by atoms with Crippen molar-refractivity contribution in [2.45, 2.75) is 45.8 Å². The molecule has 0 radical (unpaired) electrons. The van der Waals surface area contributed by atoms with E-state index in [1.807, 2.05) is 92.7 Å². The van der Waals surface area contributed by atoms with Crippen molar-refractivity contribution in [2.75, 3.05) is 5.32 Å². The van der Waals surface area contributed by atoms with E-state index in [0.29, 0.717) is 11.3 Å². The Labute approximate surface area is 245 Å². The zero-order chi connectivity index (χ0) is 29.8. The SMILES string of the molecule is CCC(C(=O)N(Cc1ccccc1)C(C(=O)Nc1c(C)cccc1C)c1ccccc1)N1C(=O)c2ccccc2C1=O. The predicted molar refractivity (Wildman–Crippen MR) is 162 cm³/mol. The van der Waals surface area contributed by atoms with Crippen LogP contribution in [0.4, 0.5) is 5.69 Å². The van der Waals surface area contributed by atoms with Crippen LogP contribution in [0, 0.1) is 13.8 Å². The van der Waals surface area contributed by atoms with Crippen LogP contribution in [0.5, 0.6) is 0 Å². The summed E-state index contributed by atoms with van der Waals surface area (Å²) >= 11 is 0. The number of para-hydroxylation sites is 1. The molecule has 0 fully saturated rings. The van der Waals surface area contributed by atoms with Crippen LogP contribution in [0.3, 0.4) is 0 Å². The third kappa shape index (κ3) is 5.46. The van der Waals surface area contributed by atoms with Gasteiger partial charge < -0.3 is 10.2 Å². The van der Waals surface area contributed by atoms with Gasteiger partial charge in [0.15, 0.2) is 0 Å². The lowest BCUT2D eigenvalue weighted by Gasteiger charge is -2.36. The van der Waals surface area contributed by atoms with E-state index in [2.05, 4.69) is 5.32 Å². The van der Waals surface area contributed by atoms with Crippen molar-refractivity contribution in [3.8, 4) is 0 Å². The summed E-state index contributed by atoms with van der Waals surface area (Å²) in [4.78, 5) is 58.3. The van der Waals surface area contributed by atoms with Crippen LogP contribution in [-0.2, 0) is 16.1 Å². The molecule has 7 nitrogen and oxygen atoms in total. The van der Waals surface area contributed by atoms with E-state index in [1.165, 1.54) is 4.90 Å². The fourth-order valence-electron chi connectivity index (χ4n) is 5.54. The Kier molecular flexibility index (Phi) is 8.29. The molecule has 1 N–H and O–H groups in total. The molecule has 2 atom stereocenters. The number of imide groups is 1. The number of nitrogens with zero attached hydrogens (tertiary/aromatic N) is 2. The lowest BCUT2D eigenvalue weighted by molar-refractivity contribution is -0.143. The number of aryl methyl sites for hydroxylation is 2. The highest BCUT2D eigenvalue weighted by Crippen LogP contribution is 2.31. The maximum Gasteiger partial charge on any atom is 0.262 e. The molecule has 0 saturated carbocycles. The molecule has 1 aliphatic heterocycles. The fraction of sp³-hybridized carbons (Fsp3) is 0.200. The molecule has 212 valence electrons. The van der Waals surface area contributed by atoms with Crippen molar-refractivity contribution in [1.82, 2.24) is 9.80 Å². The highest BCUT2D eigenvalue weighted by Gasteiger charge is 2.45. The van der Waals surface area contributed by atoms with E-state index >= 15 is 0 Å². The normalized spacial score (nSPS) is 13.8. The summed E-state index contributed by atoms with van der Waals surface area (Å²) in [6.45, 7) is 5.70. The molecule has 1 heterocycles. The minimum atomic E-state index is -1.10. The van der Waals surface area contributed by atoms with Gasteiger partial charge in [-0.05, 0) is 54.7 Å². The first kappa shape index (κ1) is 28.5. The van der Waals surface area contributed by atoms with Gasteiger partial charge in [-0.2, -0.15) is 0 Å². The Bertz CT molecular complexity index is 1580. The number of hydrogen-bond acceptors (Lipinski definition) is 4. The maximum absolute atomic E-state index is 14.6. The van der Waals surface area contributed by atoms with Crippen LogP contribution < -0.4 is 5.32 Å². The smallest absolute Gasteiger partial charge is 0.262 e. The molecule has 4 aromatic carbocycles. The van der Waals surface area contributed by atoms with Gasteiger partial charge in [0.05, 0.1) is 11.1 Å². The molecule has 42 heavy (non-hydrogen) atoms. The van der Waals surface area contributed by atoms with E-state index in [4.69, 9.17) is 0 Å². The Morgan fingerprint density at radius 1 is 0.738 bits per heavy atom. The van der Waals surface area contributed by atoms with Gasteiger partial charge in [0.1, 0.15) is 12.1 Å². The molecule has 0 bridgehead atoms. The van der Waals surface area contributed by atoms with Gasteiger partial charge in [-0.1, -0.05) is 97.9 Å². The predicted octanol–water partition coefficient (Wildman–Crippen LogP) is 6.09. The monoisotopic (exact) mass is 559 g/mol. The zero-order valence-electron chi connectivity index (χ0n) is 23.9. The van der Waals surface area contributed by atoms with Gasteiger partial charge in [0.25, 0.3) is 17.7 Å². The molecule has 5 rings (SSSR count). The molecular weight excluding hydrogens is 526 g/mol. The summed E-state index contributed by atoms with van der Waals surface area (Å²) in [6.07, 6.45) is 0.190. The second kappa shape index (κ2) is 12.2. The van der Waals surface area contributed by atoms with Gasteiger partial charge in [-0.15, -0.1) is 0 Å². The van der Waals surface area contributed by atoms with E-state index in [9.17, 15) is 19.2 Å². The molecular formula is C35H33N3O4. The minimum Gasteiger partial charge on any atom is -0.323 e. The van der Waals surface area contributed by atoms with Crippen LogP contribution in [0.25, 0.3) is 0 Å². The van der Waals surface area contributed by atoms with Gasteiger partial charge in [0, 0.05) is 12.2 Å². The molecule has 1 aliphatic rings. The van der Waals surface area contributed by atoms with E-state index in [-0.39, 0.29) is 30.0 Å². The van der Waals surface area contributed by atoms with Crippen LogP contribution in [0.15, 0.2) is 103 Å². The van der Waals surface area contributed by atoms with Crippen LogP contribution in [-0.4, -0.2) is 39.5 Å². The van der Waals surface area contributed by atoms with Gasteiger partial charge in [0.2, 0.25) is 5.91 Å². The number of fused-ring (bicyclic) bond motifs is 1. The topological polar surface area (TPSA) is 86.8 Å². The average molecular weight is 560 g/mol. The maximum atomic E-state index is 14.6. The van der Waals surface area contributed by atoms with Gasteiger partial charge in [-0.3, -0.25) is 24.1 Å². The van der Waals surface area contributed by atoms with Crippen molar-refractivity contribution in [3.05, 3.63) is 137 Å². The second-order valence-electron chi connectivity index (χ2n) is 10.5. The molecule has 4 amide bonds. The number of nitrogens with one attached hydrogen (secondary N) is 1. The number of amides is 4. The van der Waals surface area contributed by atoms with Crippen molar-refractivity contribution >= 4 is 29.3 Å². The summed E-state index contributed by atoms with van der Waals surface area (Å²) in [5, 5.41) is 3.08. The van der Waals surface area contributed by atoms with E-state index < -0.39 is 29.8 Å². The Balaban J connectivity index is 1.59. The van der Waals surface area contributed by atoms with Crippen LogP contribution in [0.2, 0.25) is 0 Å². The van der Waals surface area contributed by atoms with Crippen LogP contribution in [0.1, 0.15) is 62.4 Å². The molecule has 0 spiro atoms. The third-order valence-corrected chi connectivity index (χ3v) is 7.69. The van der Waals surface area contributed by atoms with Crippen molar-refractivity contribution in [2.24, 2.45) is 0 Å². The highest BCUT2D eigenvalue weighted by molar-refractivity contribution is 6.23. The van der Waals surface area contributed by atoms with Crippen molar-refractivity contribution in [1.29, 1.82) is 0 Å². The lowest BCUT2D eigenvalue weighted by Crippen LogP contribution is -2.53. The summed E-state index contributed by atoms with van der Waals surface area (Å²) in [7, 11) is 0. The Morgan fingerprint density at radius 3 is 1.81 bits per heavy atom. The average Bonchev–Trinajstić information content (AvgIpc) is 3.25. The van der Waals surface area contributed by atoms with Gasteiger partial charge >= 0.3 is 0 Å². The number of anilines is 1. The second-order valence-corrected chi connectivity index (χ2v) is 10.5. The number of benzene rings is 4.